The van der Waals surface area contributed by atoms with Gasteiger partial charge in [0, 0.05) is 11.6 Å². The van der Waals surface area contributed by atoms with Crippen LogP contribution in [0.3, 0.4) is 0 Å². The molecule has 0 aromatic carbocycles. The average molecular weight is 227 g/mol. The highest BCUT2D eigenvalue weighted by atomic mass is 32.1. The first kappa shape index (κ1) is 12.6. The van der Waals surface area contributed by atoms with Gasteiger partial charge in [0.15, 0.2) is 0 Å². The largest absolute Gasteiger partial charge is 0.303 e. The van der Waals surface area contributed by atoms with Crippen LogP contribution in [-0.4, -0.2) is 30.6 Å². The van der Waals surface area contributed by atoms with Crippen molar-refractivity contribution in [1.82, 2.24) is 10.3 Å². The molecule has 4 heteroatoms. The number of rotatable bonds is 5. The summed E-state index contributed by atoms with van der Waals surface area (Å²) in [6.45, 7) is 4.40. The van der Waals surface area contributed by atoms with Crippen LogP contribution in [0.1, 0.15) is 19.4 Å². The first-order valence-corrected chi connectivity index (χ1v) is 6.07. The van der Waals surface area contributed by atoms with Gasteiger partial charge in [0.1, 0.15) is 0 Å². The van der Waals surface area contributed by atoms with Crippen molar-refractivity contribution in [3.05, 3.63) is 22.4 Å². The first-order chi connectivity index (χ1) is 6.98. The molecule has 1 heterocycles. The Morgan fingerprint density at radius 3 is 2.60 bits per heavy atom. The summed E-state index contributed by atoms with van der Waals surface area (Å²) in [6, 6.07) is 2.41. The van der Waals surface area contributed by atoms with Gasteiger partial charge in [0.05, 0.1) is 0 Å². The molecule has 86 valence electrons. The van der Waals surface area contributed by atoms with Crippen LogP contribution in [0.2, 0.25) is 0 Å². The second kappa shape index (κ2) is 5.07. The normalized spacial score (nSPS) is 14.5. The third kappa shape index (κ3) is 3.01. The van der Waals surface area contributed by atoms with Crippen LogP contribution in [0, 0.1) is 0 Å². The van der Waals surface area contributed by atoms with Crippen LogP contribution in [0.4, 0.5) is 0 Å². The zero-order valence-electron chi connectivity index (χ0n) is 9.95. The molecule has 0 spiro atoms. The van der Waals surface area contributed by atoms with Crippen molar-refractivity contribution in [3.8, 4) is 0 Å². The standard InChI is InChI=1S/C11H21N3S/c1-11(2,14(3)4)10(13-12)7-9-5-6-15-8-9/h5-6,8,10,13H,7,12H2,1-4H3. The van der Waals surface area contributed by atoms with E-state index in [-0.39, 0.29) is 11.6 Å². The molecule has 1 atom stereocenters. The maximum absolute atomic E-state index is 5.64. The molecule has 15 heavy (non-hydrogen) atoms. The molecule has 0 bridgehead atoms. The minimum Gasteiger partial charge on any atom is -0.303 e. The Bertz CT molecular complexity index is 280. The number of likely N-dealkylation sites (N-methyl/N-ethyl adjacent to an activating group) is 1. The fraction of sp³-hybridized carbons (Fsp3) is 0.636. The molecule has 0 aliphatic heterocycles. The summed E-state index contributed by atoms with van der Waals surface area (Å²) in [4.78, 5) is 2.20. The Morgan fingerprint density at radius 1 is 1.53 bits per heavy atom. The van der Waals surface area contributed by atoms with Crippen molar-refractivity contribution in [2.75, 3.05) is 14.1 Å². The minimum absolute atomic E-state index is 0.0384. The fourth-order valence-electron chi connectivity index (χ4n) is 1.47. The summed E-state index contributed by atoms with van der Waals surface area (Å²) in [5.74, 6) is 5.64. The van der Waals surface area contributed by atoms with Gasteiger partial charge in [-0.05, 0) is 56.8 Å². The molecule has 1 rings (SSSR count). The van der Waals surface area contributed by atoms with Gasteiger partial charge in [0.2, 0.25) is 0 Å². The fourth-order valence-corrected chi connectivity index (χ4v) is 2.15. The van der Waals surface area contributed by atoms with Gasteiger partial charge < -0.3 is 4.90 Å². The molecule has 0 fully saturated rings. The predicted molar refractivity (Wildman–Crippen MR) is 66.9 cm³/mol. The van der Waals surface area contributed by atoms with Crippen LogP contribution in [0.25, 0.3) is 0 Å². The van der Waals surface area contributed by atoms with Crippen molar-refractivity contribution >= 4 is 11.3 Å². The molecule has 0 radical (unpaired) electrons. The van der Waals surface area contributed by atoms with Crippen molar-refractivity contribution in [2.45, 2.75) is 31.8 Å². The number of nitrogens with zero attached hydrogens (tertiary/aromatic N) is 1. The third-order valence-electron chi connectivity index (χ3n) is 3.23. The van der Waals surface area contributed by atoms with E-state index < -0.39 is 0 Å². The smallest absolute Gasteiger partial charge is 0.0429 e. The van der Waals surface area contributed by atoms with Gasteiger partial charge in [-0.3, -0.25) is 11.3 Å². The van der Waals surface area contributed by atoms with Gasteiger partial charge in [0.25, 0.3) is 0 Å². The lowest BCUT2D eigenvalue weighted by Crippen LogP contribution is -2.58. The van der Waals surface area contributed by atoms with Gasteiger partial charge in [-0.1, -0.05) is 0 Å². The highest BCUT2D eigenvalue weighted by molar-refractivity contribution is 7.07. The Labute approximate surface area is 96.2 Å². The van der Waals surface area contributed by atoms with E-state index in [1.54, 1.807) is 11.3 Å². The maximum atomic E-state index is 5.64. The van der Waals surface area contributed by atoms with E-state index in [1.165, 1.54) is 5.56 Å². The second-order valence-corrected chi connectivity index (χ2v) is 5.38. The SMILES string of the molecule is CN(C)C(C)(C)C(Cc1ccsc1)NN. The van der Waals surface area contributed by atoms with Crippen molar-refractivity contribution in [3.63, 3.8) is 0 Å². The Kier molecular flexibility index (Phi) is 4.28. The average Bonchev–Trinajstić information content (AvgIpc) is 2.65. The second-order valence-electron chi connectivity index (χ2n) is 4.60. The van der Waals surface area contributed by atoms with E-state index in [2.05, 4.69) is 55.1 Å². The molecule has 0 aliphatic rings. The quantitative estimate of drug-likeness (QED) is 0.591. The van der Waals surface area contributed by atoms with Crippen LogP contribution in [-0.2, 0) is 6.42 Å². The number of hydrazine groups is 1. The highest BCUT2D eigenvalue weighted by Gasteiger charge is 2.30. The first-order valence-electron chi connectivity index (χ1n) is 5.13. The highest BCUT2D eigenvalue weighted by Crippen LogP contribution is 2.20. The topological polar surface area (TPSA) is 41.3 Å². The lowest BCUT2D eigenvalue weighted by atomic mass is 9.89. The predicted octanol–water partition coefficient (Wildman–Crippen LogP) is 1.46. The lowest BCUT2D eigenvalue weighted by Gasteiger charge is -2.39. The summed E-state index contributed by atoms with van der Waals surface area (Å²) in [6.07, 6.45) is 0.963. The zero-order valence-corrected chi connectivity index (χ0v) is 10.8. The Hall–Kier alpha value is -0.420. The van der Waals surface area contributed by atoms with Crippen LogP contribution in [0.5, 0.6) is 0 Å². The van der Waals surface area contributed by atoms with Crippen LogP contribution < -0.4 is 11.3 Å². The van der Waals surface area contributed by atoms with Gasteiger partial charge >= 0.3 is 0 Å². The number of thiophene rings is 1. The monoisotopic (exact) mass is 227 g/mol. The number of nitrogens with one attached hydrogen (secondary N) is 1. The summed E-state index contributed by atoms with van der Waals surface area (Å²) in [7, 11) is 4.16. The van der Waals surface area contributed by atoms with E-state index in [9.17, 15) is 0 Å². The van der Waals surface area contributed by atoms with Gasteiger partial charge in [-0.25, -0.2) is 0 Å². The molecule has 1 aromatic rings. The van der Waals surface area contributed by atoms with Gasteiger partial charge in [-0.15, -0.1) is 0 Å². The van der Waals surface area contributed by atoms with E-state index in [0.717, 1.165) is 6.42 Å². The molecular weight excluding hydrogens is 206 g/mol. The van der Waals surface area contributed by atoms with E-state index in [4.69, 9.17) is 5.84 Å². The van der Waals surface area contributed by atoms with E-state index in [0.29, 0.717) is 0 Å². The Morgan fingerprint density at radius 2 is 2.20 bits per heavy atom. The molecular formula is C11H21N3S. The summed E-state index contributed by atoms with van der Waals surface area (Å²) in [5, 5.41) is 4.28. The van der Waals surface area contributed by atoms with E-state index >= 15 is 0 Å². The molecule has 3 nitrogen and oxygen atoms in total. The summed E-state index contributed by atoms with van der Waals surface area (Å²) in [5.41, 5.74) is 4.31. The summed E-state index contributed by atoms with van der Waals surface area (Å²) >= 11 is 1.73. The van der Waals surface area contributed by atoms with Crippen molar-refractivity contribution in [1.29, 1.82) is 0 Å². The van der Waals surface area contributed by atoms with Crippen LogP contribution >= 0.6 is 11.3 Å². The molecule has 1 aromatic heterocycles. The molecule has 1 unspecified atom stereocenters. The Balaban J connectivity index is 2.71. The number of hydrogen-bond acceptors (Lipinski definition) is 4. The number of nitrogens with two attached hydrogens (primary N) is 1. The molecule has 0 amide bonds. The zero-order chi connectivity index (χ0) is 11.5. The third-order valence-corrected chi connectivity index (χ3v) is 3.96. The molecule has 3 N–H and O–H groups in total. The maximum Gasteiger partial charge on any atom is 0.0429 e. The number of hydrogen-bond donors (Lipinski definition) is 2. The van der Waals surface area contributed by atoms with Crippen molar-refractivity contribution < 1.29 is 0 Å². The molecule has 0 aliphatic carbocycles. The minimum atomic E-state index is 0.0384. The van der Waals surface area contributed by atoms with E-state index in [1.807, 2.05) is 0 Å². The summed E-state index contributed by atoms with van der Waals surface area (Å²) < 4.78 is 0. The lowest BCUT2D eigenvalue weighted by molar-refractivity contribution is 0.137. The molecule has 0 saturated carbocycles. The molecule has 0 saturated heterocycles. The van der Waals surface area contributed by atoms with Crippen LogP contribution in [0.15, 0.2) is 16.8 Å². The van der Waals surface area contributed by atoms with Gasteiger partial charge in [-0.2, -0.15) is 11.3 Å². The van der Waals surface area contributed by atoms with Crippen molar-refractivity contribution in [2.24, 2.45) is 5.84 Å².